The lowest BCUT2D eigenvalue weighted by atomic mass is 9.80. The van der Waals surface area contributed by atoms with Crippen molar-refractivity contribution in [3.05, 3.63) is 0 Å². The molecule has 0 aromatic rings. The van der Waals surface area contributed by atoms with Crippen LogP contribution < -0.4 is 5.32 Å². The predicted molar refractivity (Wildman–Crippen MR) is 88.4 cm³/mol. The zero-order valence-corrected chi connectivity index (χ0v) is 15.3. The fourth-order valence-electron chi connectivity index (χ4n) is 2.65. The average molecular weight is 320 g/mol. The van der Waals surface area contributed by atoms with E-state index in [9.17, 15) is 8.42 Å². The maximum absolute atomic E-state index is 12.6. The molecule has 0 aromatic heterocycles. The second-order valence-corrected chi connectivity index (χ2v) is 9.54. The lowest BCUT2D eigenvalue weighted by Crippen LogP contribution is -2.42. The lowest BCUT2D eigenvalue weighted by molar-refractivity contribution is 0.249. The summed E-state index contributed by atoms with van der Waals surface area (Å²) in [5.74, 6) is 0.447. The Morgan fingerprint density at radius 3 is 2.43 bits per heavy atom. The summed E-state index contributed by atoms with van der Waals surface area (Å²) in [5.41, 5.74) is 0.171. The Kier molecular flexibility index (Phi) is 6.65. The van der Waals surface area contributed by atoms with Crippen LogP contribution in [0.5, 0.6) is 0 Å². The van der Waals surface area contributed by atoms with Crippen LogP contribution in [0, 0.1) is 11.3 Å². The van der Waals surface area contributed by atoms with Crippen molar-refractivity contribution in [3.63, 3.8) is 0 Å². The SMILES string of the molecule is CC(C)NCCCN(C)S(=O)(=O)N1CCC(C(C)(C)C)C1. The predicted octanol–water partition coefficient (Wildman–Crippen LogP) is 1.92. The number of hydrogen-bond donors (Lipinski definition) is 1. The van der Waals surface area contributed by atoms with Crippen molar-refractivity contribution < 1.29 is 8.42 Å². The zero-order chi connectivity index (χ0) is 16.3. The lowest BCUT2D eigenvalue weighted by Gasteiger charge is -2.28. The van der Waals surface area contributed by atoms with E-state index >= 15 is 0 Å². The van der Waals surface area contributed by atoms with Crippen LogP contribution in [0.1, 0.15) is 47.5 Å². The largest absolute Gasteiger partial charge is 0.314 e. The van der Waals surface area contributed by atoms with E-state index in [2.05, 4.69) is 39.9 Å². The summed E-state index contributed by atoms with van der Waals surface area (Å²) < 4.78 is 28.3. The van der Waals surface area contributed by atoms with E-state index in [1.54, 1.807) is 11.4 Å². The quantitative estimate of drug-likeness (QED) is 0.730. The van der Waals surface area contributed by atoms with Crippen molar-refractivity contribution >= 4 is 10.2 Å². The molecule has 1 saturated heterocycles. The fourth-order valence-corrected chi connectivity index (χ4v) is 4.11. The molecular formula is C15H33N3O2S. The van der Waals surface area contributed by atoms with Crippen molar-refractivity contribution in [2.75, 3.05) is 33.2 Å². The van der Waals surface area contributed by atoms with Gasteiger partial charge < -0.3 is 5.32 Å². The van der Waals surface area contributed by atoms with E-state index in [1.807, 2.05) is 0 Å². The summed E-state index contributed by atoms with van der Waals surface area (Å²) in [6, 6.07) is 0.443. The van der Waals surface area contributed by atoms with Crippen LogP contribution >= 0.6 is 0 Å². The first kappa shape index (κ1) is 18.9. The highest BCUT2D eigenvalue weighted by Gasteiger charge is 2.38. The van der Waals surface area contributed by atoms with E-state index in [0.29, 0.717) is 31.6 Å². The van der Waals surface area contributed by atoms with Gasteiger partial charge in [-0.1, -0.05) is 34.6 Å². The van der Waals surface area contributed by atoms with Gasteiger partial charge in [-0.25, -0.2) is 0 Å². The van der Waals surface area contributed by atoms with Gasteiger partial charge in [0.1, 0.15) is 0 Å². The topological polar surface area (TPSA) is 52.7 Å². The molecule has 126 valence electrons. The van der Waals surface area contributed by atoms with E-state index in [0.717, 1.165) is 19.4 Å². The van der Waals surface area contributed by atoms with Crippen LogP contribution in [-0.4, -0.2) is 56.3 Å². The van der Waals surface area contributed by atoms with Crippen LogP contribution in [0.2, 0.25) is 0 Å². The molecule has 21 heavy (non-hydrogen) atoms. The summed E-state index contributed by atoms with van der Waals surface area (Å²) in [7, 11) is -1.60. The highest BCUT2D eigenvalue weighted by atomic mass is 32.2. The van der Waals surface area contributed by atoms with Crippen LogP contribution in [0.4, 0.5) is 0 Å². The standard InChI is InChI=1S/C15H33N3O2S/c1-13(2)16-9-7-10-17(6)21(19,20)18-11-8-14(12-18)15(3,4)5/h13-14,16H,7-12H2,1-6H3. The summed E-state index contributed by atoms with van der Waals surface area (Å²) >= 11 is 0. The molecule has 0 bridgehead atoms. The molecule has 1 rings (SSSR count). The molecule has 1 heterocycles. The van der Waals surface area contributed by atoms with Gasteiger partial charge in [0.05, 0.1) is 0 Å². The molecule has 1 aliphatic rings. The van der Waals surface area contributed by atoms with Gasteiger partial charge in [-0.15, -0.1) is 0 Å². The van der Waals surface area contributed by atoms with E-state index in [1.165, 1.54) is 4.31 Å². The molecule has 0 radical (unpaired) electrons. The molecule has 1 unspecified atom stereocenters. The summed E-state index contributed by atoms with van der Waals surface area (Å²) in [6.45, 7) is 13.5. The molecule has 5 nitrogen and oxygen atoms in total. The van der Waals surface area contributed by atoms with Crippen LogP contribution in [0.25, 0.3) is 0 Å². The Balaban J connectivity index is 2.49. The Hall–Kier alpha value is -0.170. The Bertz CT molecular complexity index is 415. The van der Waals surface area contributed by atoms with Gasteiger partial charge in [0, 0.05) is 32.7 Å². The van der Waals surface area contributed by atoms with E-state index < -0.39 is 10.2 Å². The third-order valence-corrected chi connectivity index (χ3v) is 6.25. The van der Waals surface area contributed by atoms with Gasteiger partial charge >= 0.3 is 0 Å². The normalized spacial score (nSPS) is 21.6. The molecule has 1 N–H and O–H groups in total. The second kappa shape index (κ2) is 7.40. The van der Waals surface area contributed by atoms with E-state index in [4.69, 9.17) is 0 Å². The number of nitrogens with one attached hydrogen (secondary N) is 1. The highest BCUT2D eigenvalue weighted by Crippen LogP contribution is 2.34. The molecule has 0 spiro atoms. The third-order valence-electron chi connectivity index (χ3n) is 4.30. The summed E-state index contributed by atoms with van der Waals surface area (Å²) in [4.78, 5) is 0. The average Bonchev–Trinajstić information content (AvgIpc) is 2.83. The summed E-state index contributed by atoms with van der Waals surface area (Å²) in [5, 5.41) is 3.31. The molecule has 1 aliphatic heterocycles. The number of hydrogen-bond acceptors (Lipinski definition) is 3. The van der Waals surface area contributed by atoms with Crippen LogP contribution in [-0.2, 0) is 10.2 Å². The smallest absolute Gasteiger partial charge is 0.281 e. The molecule has 0 aliphatic carbocycles. The minimum atomic E-state index is -3.29. The number of nitrogens with zero attached hydrogens (tertiary/aromatic N) is 2. The van der Waals surface area contributed by atoms with Crippen molar-refractivity contribution in [1.82, 2.24) is 13.9 Å². The third kappa shape index (κ3) is 5.51. The van der Waals surface area contributed by atoms with Crippen molar-refractivity contribution in [2.24, 2.45) is 11.3 Å². The molecule has 0 amide bonds. The summed E-state index contributed by atoms with van der Waals surface area (Å²) in [6.07, 6.45) is 1.80. The Labute approximate surface area is 131 Å². The van der Waals surface area contributed by atoms with Crippen molar-refractivity contribution in [3.8, 4) is 0 Å². The minimum Gasteiger partial charge on any atom is -0.314 e. The maximum atomic E-state index is 12.6. The van der Waals surface area contributed by atoms with Crippen LogP contribution in [0.3, 0.4) is 0 Å². The second-order valence-electron chi connectivity index (χ2n) is 7.50. The molecule has 1 atom stereocenters. The van der Waals surface area contributed by atoms with Gasteiger partial charge in [0.25, 0.3) is 10.2 Å². The first-order valence-electron chi connectivity index (χ1n) is 8.00. The van der Waals surface area contributed by atoms with E-state index in [-0.39, 0.29) is 5.41 Å². The van der Waals surface area contributed by atoms with Crippen LogP contribution in [0.15, 0.2) is 0 Å². The molecule has 1 fully saturated rings. The van der Waals surface area contributed by atoms with Gasteiger partial charge in [0.15, 0.2) is 0 Å². The first-order chi connectivity index (χ1) is 9.55. The van der Waals surface area contributed by atoms with Gasteiger partial charge in [-0.3, -0.25) is 0 Å². The molecule has 6 heteroatoms. The van der Waals surface area contributed by atoms with Gasteiger partial charge in [0.2, 0.25) is 0 Å². The maximum Gasteiger partial charge on any atom is 0.281 e. The highest BCUT2D eigenvalue weighted by molar-refractivity contribution is 7.86. The minimum absolute atomic E-state index is 0.171. The molecule has 0 aromatic carbocycles. The van der Waals surface area contributed by atoms with Gasteiger partial charge in [-0.05, 0) is 30.7 Å². The van der Waals surface area contributed by atoms with Crippen molar-refractivity contribution in [2.45, 2.75) is 53.5 Å². The Morgan fingerprint density at radius 2 is 1.95 bits per heavy atom. The number of rotatable bonds is 7. The fraction of sp³-hybridized carbons (Fsp3) is 1.00. The zero-order valence-electron chi connectivity index (χ0n) is 14.5. The monoisotopic (exact) mass is 319 g/mol. The molecular weight excluding hydrogens is 286 g/mol. The molecule has 0 saturated carbocycles. The van der Waals surface area contributed by atoms with Crippen molar-refractivity contribution in [1.29, 1.82) is 0 Å². The van der Waals surface area contributed by atoms with Gasteiger partial charge in [-0.2, -0.15) is 17.0 Å². The Morgan fingerprint density at radius 1 is 1.33 bits per heavy atom. The first-order valence-corrected chi connectivity index (χ1v) is 9.39.